The van der Waals surface area contributed by atoms with Crippen LogP contribution in [-0.2, 0) is 0 Å². The van der Waals surface area contributed by atoms with E-state index in [2.05, 4.69) is 21.9 Å². The van der Waals surface area contributed by atoms with Gasteiger partial charge in [0.2, 0.25) is 0 Å². The van der Waals surface area contributed by atoms with Gasteiger partial charge in [-0.2, -0.15) is 0 Å². The van der Waals surface area contributed by atoms with Gasteiger partial charge in [-0.3, -0.25) is 4.98 Å². The first-order valence-corrected chi connectivity index (χ1v) is 5.74. The summed E-state index contributed by atoms with van der Waals surface area (Å²) in [6, 6.07) is 12.1. The maximum absolute atomic E-state index is 4.34. The van der Waals surface area contributed by atoms with Crippen LogP contribution in [0.5, 0.6) is 0 Å². The van der Waals surface area contributed by atoms with Gasteiger partial charge in [0.15, 0.2) is 24.3 Å². The van der Waals surface area contributed by atoms with Crippen molar-refractivity contribution < 1.29 is 3.97 Å². The lowest BCUT2D eigenvalue weighted by atomic mass is 10.3. The molecule has 0 spiro atoms. The van der Waals surface area contributed by atoms with Crippen molar-refractivity contribution in [2.24, 2.45) is 0 Å². The molecule has 15 heavy (non-hydrogen) atoms. The first-order chi connectivity index (χ1) is 7.36. The minimum Gasteiger partial charge on any atom is -0.260 e. The Morgan fingerprint density at radius 1 is 1.13 bits per heavy atom. The van der Waals surface area contributed by atoms with Crippen LogP contribution in [0.3, 0.4) is 0 Å². The van der Waals surface area contributed by atoms with E-state index in [1.54, 1.807) is 11.9 Å². The minimum atomic E-state index is 0.360. The fourth-order valence-corrected chi connectivity index (χ4v) is 2.20. The molecule has 0 aliphatic rings. The van der Waals surface area contributed by atoms with Crippen LogP contribution in [0.15, 0.2) is 55.0 Å². The average molecular weight is 217 g/mol. The largest absolute Gasteiger partial charge is 0.260 e. The van der Waals surface area contributed by atoms with Crippen molar-refractivity contribution in [2.75, 3.05) is 0 Å². The van der Waals surface area contributed by atoms with Crippen LogP contribution < -0.4 is 3.97 Å². The summed E-state index contributed by atoms with van der Waals surface area (Å²) < 4.78 is 2.10. The van der Waals surface area contributed by atoms with Crippen molar-refractivity contribution in [1.29, 1.82) is 0 Å². The first kappa shape index (κ1) is 10.2. The van der Waals surface area contributed by atoms with Crippen molar-refractivity contribution in [3.8, 4) is 0 Å². The Kier molecular flexibility index (Phi) is 3.35. The van der Waals surface area contributed by atoms with Gasteiger partial charge in [-0.05, 0) is 19.1 Å². The molecule has 0 amide bonds. The lowest BCUT2D eigenvalue weighted by Gasteiger charge is -2.03. The van der Waals surface area contributed by atoms with Crippen molar-refractivity contribution in [3.63, 3.8) is 0 Å². The fourth-order valence-electron chi connectivity index (χ4n) is 1.31. The molecule has 0 radical (unpaired) electrons. The highest BCUT2D eigenvalue weighted by molar-refractivity contribution is 7.93. The summed E-state index contributed by atoms with van der Waals surface area (Å²) in [5, 5.41) is 0.360. The molecule has 1 unspecified atom stereocenters. The molecule has 1 atom stereocenters. The monoisotopic (exact) mass is 217 g/mol. The van der Waals surface area contributed by atoms with E-state index in [4.69, 9.17) is 0 Å². The zero-order valence-corrected chi connectivity index (χ0v) is 9.39. The summed E-state index contributed by atoms with van der Waals surface area (Å²) in [5.74, 6) is 0. The number of rotatable bonds is 3. The Labute approximate surface area is 94.1 Å². The number of hydrogen-bond donors (Lipinski definition) is 0. The zero-order valence-electron chi connectivity index (χ0n) is 8.58. The molecule has 0 N–H and O–H groups in total. The Morgan fingerprint density at radius 2 is 1.93 bits per heavy atom. The van der Waals surface area contributed by atoms with Gasteiger partial charge in [-0.25, -0.2) is 0 Å². The summed E-state index contributed by atoms with van der Waals surface area (Å²) in [5.41, 5.74) is 1.11. The molecule has 0 saturated carbocycles. The average Bonchev–Trinajstić information content (AvgIpc) is 2.31. The number of hydrogen-bond acceptors (Lipinski definition) is 2. The SMILES string of the molecule is CC(S[n+]1ccccc1)c1ccccn1. The second-order valence-electron chi connectivity index (χ2n) is 3.24. The smallest absolute Gasteiger partial charge is 0.183 e. The van der Waals surface area contributed by atoms with Crippen molar-refractivity contribution in [2.45, 2.75) is 12.2 Å². The minimum absolute atomic E-state index is 0.360. The van der Waals surface area contributed by atoms with Gasteiger partial charge in [0.1, 0.15) is 5.25 Å². The molecule has 0 aromatic carbocycles. The summed E-state index contributed by atoms with van der Waals surface area (Å²) >= 11 is 1.75. The van der Waals surface area contributed by atoms with Gasteiger partial charge in [-0.15, -0.1) is 3.97 Å². The van der Waals surface area contributed by atoms with Crippen molar-refractivity contribution in [1.82, 2.24) is 4.98 Å². The predicted molar refractivity (Wildman–Crippen MR) is 62.3 cm³/mol. The number of nitrogens with zero attached hydrogens (tertiary/aromatic N) is 2. The third-order valence-corrected chi connectivity index (χ3v) is 3.12. The molecule has 0 fully saturated rings. The summed E-state index contributed by atoms with van der Waals surface area (Å²) in [6.45, 7) is 2.16. The predicted octanol–water partition coefficient (Wildman–Crippen LogP) is 2.63. The van der Waals surface area contributed by atoms with Crippen LogP contribution in [0.25, 0.3) is 0 Å². The number of aromatic nitrogens is 2. The second kappa shape index (κ2) is 4.94. The Bertz CT molecular complexity index is 402. The third kappa shape index (κ3) is 2.80. The van der Waals surface area contributed by atoms with E-state index in [1.165, 1.54) is 0 Å². The van der Waals surface area contributed by atoms with E-state index in [0.717, 1.165) is 5.69 Å². The molecule has 3 heteroatoms. The van der Waals surface area contributed by atoms with Gasteiger partial charge in [-0.1, -0.05) is 12.1 Å². The van der Waals surface area contributed by atoms with Gasteiger partial charge < -0.3 is 0 Å². The molecule has 2 rings (SSSR count). The molecule has 76 valence electrons. The maximum atomic E-state index is 4.34. The van der Waals surface area contributed by atoms with Crippen LogP contribution >= 0.6 is 11.9 Å². The standard InChI is InChI=1S/C12H13N2S/c1-11(12-7-3-4-8-13-12)15-14-9-5-2-6-10-14/h2-11H,1H3/q+1. The van der Waals surface area contributed by atoms with Crippen LogP contribution in [0.2, 0.25) is 0 Å². The molecular weight excluding hydrogens is 204 g/mol. The number of pyridine rings is 2. The van der Waals surface area contributed by atoms with Crippen LogP contribution in [0.4, 0.5) is 0 Å². The van der Waals surface area contributed by atoms with E-state index in [-0.39, 0.29) is 0 Å². The molecule has 2 aromatic heterocycles. The molecular formula is C12H13N2S+. The van der Waals surface area contributed by atoms with E-state index < -0.39 is 0 Å². The van der Waals surface area contributed by atoms with Crippen LogP contribution in [0.1, 0.15) is 17.9 Å². The molecule has 0 saturated heterocycles. The van der Waals surface area contributed by atoms with E-state index in [1.807, 2.05) is 48.9 Å². The van der Waals surface area contributed by atoms with Crippen molar-refractivity contribution >= 4 is 11.9 Å². The highest BCUT2D eigenvalue weighted by Gasteiger charge is 2.14. The second-order valence-corrected chi connectivity index (χ2v) is 4.58. The van der Waals surface area contributed by atoms with Crippen LogP contribution in [-0.4, -0.2) is 4.98 Å². The molecule has 2 heterocycles. The quantitative estimate of drug-likeness (QED) is 0.735. The third-order valence-electron chi connectivity index (χ3n) is 2.07. The topological polar surface area (TPSA) is 16.8 Å². The summed E-state index contributed by atoms with van der Waals surface area (Å²) in [7, 11) is 0. The van der Waals surface area contributed by atoms with Gasteiger partial charge in [0.25, 0.3) is 0 Å². The van der Waals surface area contributed by atoms with Gasteiger partial charge in [0.05, 0.1) is 5.69 Å². The van der Waals surface area contributed by atoms with Crippen LogP contribution in [0, 0.1) is 0 Å². The molecule has 0 aliphatic carbocycles. The molecule has 2 aromatic rings. The summed E-state index contributed by atoms with van der Waals surface area (Å²) in [6.07, 6.45) is 5.93. The van der Waals surface area contributed by atoms with E-state index in [9.17, 15) is 0 Å². The first-order valence-electron chi connectivity index (χ1n) is 4.90. The van der Waals surface area contributed by atoms with Crippen molar-refractivity contribution in [3.05, 3.63) is 60.7 Å². The summed E-state index contributed by atoms with van der Waals surface area (Å²) in [4.78, 5) is 4.34. The normalized spacial score (nSPS) is 12.3. The Hall–Kier alpha value is -1.35. The fraction of sp³-hybridized carbons (Fsp3) is 0.167. The Morgan fingerprint density at radius 3 is 2.60 bits per heavy atom. The lowest BCUT2D eigenvalue weighted by molar-refractivity contribution is -0.495. The highest BCUT2D eigenvalue weighted by atomic mass is 32.2. The highest BCUT2D eigenvalue weighted by Crippen LogP contribution is 2.22. The lowest BCUT2D eigenvalue weighted by Crippen LogP contribution is -2.24. The Balaban J connectivity index is 2.08. The molecule has 2 nitrogen and oxygen atoms in total. The molecule has 0 bridgehead atoms. The van der Waals surface area contributed by atoms with E-state index >= 15 is 0 Å². The van der Waals surface area contributed by atoms with Gasteiger partial charge >= 0.3 is 0 Å². The molecule has 0 aliphatic heterocycles. The maximum Gasteiger partial charge on any atom is 0.183 e. The van der Waals surface area contributed by atoms with Gasteiger partial charge in [0, 0.05) is 18.3 Å². The van der Waals surface area contributed by atoms with E-state index in [0.29, 0.717) is 5.25 Å². The zero-order chi connectivity index (χ0) is 10.5.